The summed E-state index contributed by atoms with van der Waals surface area (Å²) in [5.41, 5.74) is -0.493. The first-order chi connectivity index (χ1) is 8.96. The number of aliphatic hydroxyl groups is 1. The van der Waals surface area contributed by atoms with Gasteiger partial charge in [0, 0.05) is 0 Å². The van der Waals surface area contributed by atoms with Gasteiger partial charge < -0.3 is 9.84 Å². The highest BCUT2D eigenvalue weighted by molar-refractivity contribution is 4.98. The van der Waals surface area contributed by atoms with Gasteiger partial charge in [-0.15, -0.1) is 0 Å². The van der Waals surface area contributed by atoms with Gasteiger partial charge in [-0.1, -0.05) is 6.92 Å². The van der Waals surface area contributed by atoms with Crippen molar-refractivity contribution < 1.29 is 14.2 Å². The smallest absolute Gasteiger partial charge is 0.124 e. The van der Waals surface area contributed by atoms with Crippen LogP contribution < -0.4 is 0 Å². The average molecular weight is 270 g/mol. The van der Waals surface area contributed by atoms with Crippen molar-refractivity contribution >= 4 is 0 Å². The fourth-order valence-electron chi connectivity index (χ4n) is 4.89. The summed E-state index contributed by atoms with van der Waals surface area (Å²) in [6.07, 6.45) is 5.27. The van der Waals surface area contributed by atoms with Crippen LogP contribution in [-0.4, -0.2) is 29.6 Å². The molecule has 3 aliphatic rings. The Morgan fingerprint density at radius 2 is 2.00 bits per heavy atom. The van der Waals surface area contributed by atoms with Gasteiger partial charge in [0.1, 0.15) is 6.17 Å². The second kappa shape index (κ2) is 5.00. The van der Waals surface area contributed by atoms with E-state index in [2.05, 4.69) is 6.92 Å². The maximum absolute atomic E-state index is 13.7. The fraction of sp³-hybridized carbons (Fsp3) is 1.00. The van der Waals surface area contributed by atoms with Crippen LogP contribution in [-0.2, 0) is 4.74 Å². The largest absolute Gasteiger partial charge is 0.390 e. The molecule has 7 atom stereocenters. The summed E-state index contributed by atoms with van der Waals surface area (Å²) in [5.74, 6) is 2.09. The summed E-state index contributed by atoms with van der Waals surface area (Å²) in [4.78, 5) is 0. The molecule has 3 heteroatoms. The third-order valence-corrected chi connectivity index (χ3v) is 5.87. The van der Waals surface area contributed by atoms with E-state index in [-0.39, 0.29) is 12.7 Å². The molecular weight excluding hydrogens is 243 g/mol. The molecule has 3 rings (SSSR count). The van der Waals surface area contributed by atoms with Crippen molar-refractivity contribution in [1.29, 1.82) is 0 Å². The lowest BCUT2D eigenvalue weighted by Crippen LogP contribution is -2.48. The van der Waals surface area contributed by atoms with Crippen LogP contribution in [0.4, 0.5) is 4.39 Å². The molecule has 0 spiro atoms. The SMILES string of the molecule is C[C@H]1C[C@@H](F)COC2C3CC[C@@](C)(O)C[C@H]3CC[C@H]21. The molecule has 1 saturated heterocycles. The van der Waals surface area contributed by atoms with E-state index in [1.165, 1.54) is 6.42 Å². The molecule has 2 aliphatic carbocycles. The molecular formula is C16H27FO2. The lowest BCUT2D eigenvalue weighted by Gasteiger charge is -2.49. The van der Waals surface area contributed by atoms with Crippen LogP contribution >= 0.6 is 0 Å². The highest BCUT2D eigenvalue weighted by Gasteiger charge is 2.48. The summed E-state index contributed by atoms with van der Waals surface area (Å²) < 4.78 is 19.7. The predicted molar refractivity (Wildman–Crippen MR) is 72.6 cm³/mol. The number of hydrogen-bond donors (Lipinski definition) is 1. The van der Waals surface area contributed by atoms with Crippen molar-refractivity contribution in [2.24, 2.45) is 23.7 Å². The van der Waals surface area contributed by atoms with E-state index >= 15 is 0 Å². The Balaban J connectivity index is 1.76. The topological polar surface area (TPSA) is 29.5 Å². The molecule has 0 amide bonds. The summed E-state index contributed by atoms with van der Waals surface area (Å²) >= 11 is 0. The number of fused-ring (bicyclic) bond motifs is 3. The Hall–Kier alpha value is -0.150. The molecule has 0 aromatic heterocycles. The van der Waals surface area contributed by atoms with Crippen molar-refractivity contribution in [3.63, 3.8) is 0 Å². The van der Waals surface area contributed by atoms with E-state index in [4.69, 9.17) is 4.74 Å². The quantitative estimate of drug-likeness (QED) is 0.731. The van der Waals surface area contributed by atoms with Crippen LogP contribution in [0.2, 0.25) is 0 Å². The molecule has 0 radical (unpaired) electrons. The maximum Gasteiger partial charge on any atom is 0.124 e. The zero-order valence-electron chi connectivity index (χ0n) is 12.1. The Morgan fingerprint density at radius 1 is 1.21 bits per heavy atom. The Morgan fingerprint density at radius 3 is 2.79 bits per heavy atom. The lowest BCUT2D eigenvalue weighted by atomic mass is 9.60. The minimum atomic E-state index is -0.786. The second-order valence-corrected chi connectivity index (χ2v) is 7.51. The van der Waals surface area contributed by atoms with Crippen molar-refractivity contribution in [2.75, 3.05) is 6.61 Å². The first kappa shape index (κ1) is 13.8. The van der Waals surface area contributed by atoms with Crippen LogP contribution in [0.1, 0.15) is 52.4 Å². The zero-order chi connectivity index (χ0) is 13.6. The molecule has 1 heterocycles. The minimum absolute atomic E-state index is 0.241. The van der Waals surface area contributed by atoms with Gasteiger partial charge in [0.15, 0.2) is 0 Å². The first-order valence-electron chi connectivity index (χ1n) is 7.94. The highest BCUT2D eigenvalue weighted by atomic mass is 19.1. The monoisotopic (exact) mass is 270 g/mol. The lowest BCUT2D eigenvalue weighted by molar-refractivity contribution is -0.119. The molecule has 110 valence electrons. The number of rotatable bonds is 0. The van der Waals surface area contributed by atoms with Crippen LogP contribution in [0.15, 0.2) is 0 Å². The molecule has 1 N–H and O–H groups in total. The summed E-state index contributed by atoms with van der Waals surface area (Å²) in [5, 5.41) is 10.3. The molecule has 2 unspecified atom stereocenters. The standard InChI is InChI=1S/C16H27FO2/c1-10-7-12(17)9-19-15-13(10)4-3-11-8-16(2,18)6-5-14(11)15/h10-15,18H,3-9H2,1-2H3/t10-,11+,12+,13-,14?,15?,16+/m0/s1. The fourth-order valence-corrected chi connectivity index (χ4v) is 4.89. The van der Waals surface area contributed by atoms with Crippen LogP contribution in [0.3, 0.4) is 0 Å². The Labute approximate surface area is 115 Å². The van der Waals surface area contributed by atoms with E-state index in [1.807, 2.05) is 6.92 Å². The van der Waals surface area contributed by atoms with Crippen LogP contribution in [0.25, 0.3) is 0 Å². The summed E-state index contributed by atoms with van der Waals surface area (Å²) in [7, 11) is 0. The molecule has 0 aromatic rings. The number of hydrogen-bond acceptors (Lipinski definition) is 2. The minimum Gasteiger partial charge on any atom is -0.390 e. The van der Waals surface area contributed by atoms with Gasteiger partial charge in [0.25, 0.3) is 0 Å². The van der Waals surface area contributed by atoms with Gasteiger partial charge in [0.2, 0.25) is 0 Å². The molecule has 19 heavy (non-hydrogen) atoms. The van der Waals surface area contributed by atoms with Gasteiger partial charge in [-0.05, 0) is 69.1 Å². The van der Waals surface area contributed by atoms with Gasteiger partial charge in [-0.2, -0.15) is 0 Å². The van der Waals surface area contributed by atoms with Crippen molar-refractivity contribution in [2.45, 2.75) is 70.2 Å². The normalized spacial score (nSPS) is 54.9. The number of alkyl halides is 1. The summed E-state index contributed by atoms with van der Waals surface area (Å²) in [6.45, 7) is 4.44. The molecule has 0 bridgehead atoms. The molecule has 0 aromatic carbocycles. The van der Waals surface area contributed by atoms with E-state index in [0.717, 1.165) is 25.7 Å². The summed E-state index contributed by atoms with van der Waals surface area (Å²) in [6, 6.07) is 0. The average Bonchev–Trinajstić information content (AvgIpc) is 2.47. The number of ether oxygens (including phenoxy) is 1. The van der Waals surface area contributed by atoms with Gasteiger partial charge in [-0.25, -0.2) is 4.39 Å². The van der Waals surface area contributed by atoms with Gasteiger partial charge >= 0.3 is 0 Å². The zero-order valence-corrected chi connectivity index (χ0v) is 12.1. The van der Waals surface area contributed by atoms with Gasteiger partial charge in [-0.3, -0.25) is 0 Å². The predicted octanol–water partition coefficient (Wildman–Crippen LogP) is 3.33. The second-order valence-electron chi connectivity index (χ2n) is 7.51. The Kier molecular flexibility index (Phi) is 3.63. The van der Waals surface area contributed by atoms with E-state index in [0.29, 0.717) is 30.1 Å². The molecule has 1 aliphatic heterocycles. The maximum atomic E-state index is 13.7. The molecule has 3 fully saturated rings. The van der Waals surface area contributed by atoms with Crippen molar-refractivity contribution in [1.82, 2.24) is 0 Å². The Bertz CT molecular complexity index is 331. The van der Waals surface area contributed by atoms with Crippen LogP contribution in [0, 0.1) is 23.7 Å². The van der Waals surface area contributed by atoms with Crippen LogP contribution in [0.5, 0.6) is 0 Å². The number of halogens is 1. The third-order valence-electron chi connectivity index (χ3n) is 5.87. The van der Waals surface area contributed by atoms with E-state index in [1.54, 1.807) is 0 Å². The highest BCUT2D eigenvalue weighted by Crippen LogP contribution is 2.50. The van der Waals surface area contributed by atoms with E-state index < -0.39 is 11.8 Å². The first-order valence-corrected chi connectivity index (χ1v) is 7.94. The third kappa shape index (κ3) is 2.69. The van der Waals surface area contributed by atoms with E-state index in [9.17, 15) is 9.50 Å². The van der Waals surface area contributed by atoms with Crippen molar-refractivity contribution in [3.8, 4) is 0 Å². The molecule has 2 saturated carbocycles. The van der Waals surface area contributed by atoms with Crippen molar-refractivity contribution in [3.05, 3.63) is 0 Å². The molecule has 2 nitrogen and oxygen atoms in total. The van der Waals surface area contributed by atoms with Gasteiger partial charge in [0.05, 0.1) is 18.3 Å².